The highest BCUT2D eigenvalue weighted by atomic mass is 19.1. The highest BCUT2D eigenvalue weighted by Gasteiger charge is 2.15. The van der Waals surface area contributed by atoms with Gasteiger partial charge in [0.15, 0.2) is 11.6 Å². The Morgan fingerprint density at radius 3 is 2.50 bits per heavy atom. The van der Waals surface area contributed by atoms with E-state index in [1.165, 1.54) is 13.2 Å². The molecule has 2 aromatic carbocycles. The first kappa shape index (κ1) is 19.8. The Balaban J connectivity index is 2.30. The van der Waals surface area contributed by atoms with Gasteiger partial charge in [0.25, 0.3) is 0 Å². The number of benzene rings is 2. The molecule has 0 fully saturated rings. The lowest BCUT2D eigenvalue weighted by atomic mass is 10.0. The number of esters is 1. The zero-order chi connectivity index (χ0) is 19.1. The van der Waals surface area contributed by atoms with Crippen molar-refractivity contribution in [3.8, 4) is 11.5 Å². The summed E-state index contributed by atoms with van der Waals surface area (Å²) >= 11 is 0. The van der Waals surface area contributed by atoms with Gasteiger partial charge in [-0.25, -0.2) is 4.39 Å². The summed E-state index contributed by atoms with van der Waals surface area (Å²) in [5, 5.41) is 0. The maximum absolute atomic E-state index is 14.3. The van der Waals surface area contributed by atoms with Crippen molar-refractivity contribution in [3.63, 3.8) is 0 Å². The van der Waals surface area contributed by atoms with Crippen LogP contribution in [0, 0.1) is 12.7 Å². The quantitative estimate of drug-likeness (QED) is 0.655. The Bertz CT molecular complexity index is 771. The molecule has 2 aromatic rings. The van der Waals surface area contributed by atoms with Gasteiger partial charge < -0.3 is 14.2 Å². The molecule has 4 nitrogen and oxygen atoms in total. The minimum atomic E-state index is -0.393. The molecule has 140 valence electrons. The third kappa shape index (κ3) is 4.75. The van der Waals surface area contributed by atoms with Gasteiger partial charge in [-0.05, 0) is 55.2 Å². The molecule has 0 aliphatic heterocycles. The first-order valence-corrected chi connectivity index (χ1v) is 8.72. The van der Waals surface area contributed by atoms with E-state index < -0.39 is 5.82 Å². The highest BCUT2D eigenvalue weighted by Crippen LogP contribution is 2.28. The molecule has 5 heteroatoms. The highest BCUT2D eigenvalue weighted by molar-refractivity contribution is 5.73. The van der Waals surface area contributed by atoms with Gasteiger partial charge in [0, 0.05) is 5.56 Å². The summed E-state index contributed by atoms with van der Waals surface area (Å²) in [6.07, 6.45) is 0.867. The lowest BCUT2D eigenvalue weighted by Crippen LogP contribution is -2.10. The molecule has 0 heterocycles. The molecule has 0 N–H and O–H groups in total. The van der Waals surface area contributed by atoms with Gasteiger partial charge in [-0.3, -0.25) is 4.79 Å². The second-order valence-electron chi connectivity index (χ2n) is 5.93. The van der Waals surface area contributed by atoms with Crippen LogP contribution in [0.1, 0.15) is 36.1 Å². The van der Waals surface area contributed by atoms with Crippen LogP contribution in [0.2, 0.25) is 0 Å². The van der Waals surface area contributed by atoms with Gasteiger partial charge in [0.2, 0.25) is 0 Å². The van der Waals surface area contributed by atoms with Crippen molar-refractivity contribution in [3.05, 3.63) is 58.4 Å². The number of methoxy groups -OCH3 is 1. The average Bonchev–Trinajstić information content (AvgIpc) is 2.63. The van der Waals surface area contributed by atoms with Crippen molar-refractivity contribution >= 4 is 5.97 Å². The normalized spacial score (nSPS) is 10.5. The maximum Gasteiger partial charge on any atom is 0.309 e. The molecule has 0 unspecified atom stereocenters. The standard InChI is InChI=1S/C21H25FO4/c1-5-15-11-18(22)20(10-14(15)3)26-13-17-16(12-21(23)24-4)8-7-9-19(17)25-6-2/h7-11H,5-6,12-13H2,1-4H3. The minimum absolute atomic E-state index is 0.102. The Morgan fingerprint density at radius 2 is 1.85 bits per heavy atom. The molecule has 0 radical (unpaired) electrons. The predicted molar refractivity (Wildman–Crippen MR) is 98.2 cm³/mol. The SMILES string of the molecule is CCOc1cccc(CC(=O)OC)c1COc1cc(C)c(CC)cc1F. The number of hydrogen-bond donors (Lipinski definition) is 0. The van der Waals surface area contributed by atoms with E-state index >= 15 is 0 Å². The van der Waals surface area contributed by atoms with Crippen LogP contribution in [0.15, 0.2) is 30.3 Å². The molecule has 2 rings (SSSR count). The number of rotatable bonds is 8. The second kappa shape index (κ2) is 9.22. The van der Waals surface area contributed by atoms with Crippen LogP contribution in [-0.4, -0.2) is 19.7 Å². The van der Waals surface area contributed by atoms with Crippen molar-refractivity contribution in [2.24, 2.45) is 0 Å². The van der Waals surface area contributed by atoms with Gasteiger partial charge in [-0.2, -0.15) is 0 Å². The summed E-state index contributed by atoms with van der Waals surface area (Å²) in [5.74, 6) is 0.0660. The van der Waals surface area contributed by atoms with Crippen LogP contribution < -0.4 is 9.47 Å². The van der Waals surface area contributed by atoms with Gasteiger partial charge in [-0.15, -0.1) is 0 Å². The zero-order valence-corrected chi connectivity index (χ0v) is 15.7. The summed E-state index contributed by atoms with van der Waals surface area (Å²) in [5.41, 5.74) is 3.40. The molecular weight excluding hydrogens is 335 g/mol. The predicted octanol–water partition coefficient (Wildman–Crippen LogP) is 4.39. The number of halogens is 1. The molecular formula is C21H25FO4. The molecule has 0 aromatic heterocycles. The van der Waals surface area contributed by atoms with Gasteiger partial charge >= 0.3 is 5.97 Å². The Hall–Kier alpha value is -2.56. The van der Waals surface area contributed by atoms with E-state index in [0.717, 1.165) is 28.7 Å². The fourth-order valence-electron chi connectivity index (χ4n) is 2.80. The van der Waals surface area contributed by atoms with Crippen LogP contribution in [0.25, 0.3) is 0 Å². The smallest absolute Gasteiger partial charge is 0.309 e. The monoisotopic (exact) mass is 360 g/mol. The average molecular weight is 360 g/mol. The van der Waals surface area contributed by atoms with E-state index in [2.05, 4.69) is 0 Å². The lowest BCUT2D eigenvalue weighted by Gasteiger charge is -2.16. The number of aryl methyl sites for hydroxylation is 2. The third-order valence-electron chi connectivity index (χ3n) is 4.24. The molecule has 0 aliphatic carbocycles. The maximum atomic E-state index is 14.3. The summed E-state index contributed by atoms with van der Waals surface area (Å²) in [6.45, 7) is 6.38. The first-order valence-electron chi connectivity index (χ1n) is 8.72. The van der Waals surface area contributed by atoms with Crippen LogP contribution in [0.5, 0.6) is 11.5 Å². The molecule has 0 aliphatic rings. The molecule has 0 amide bonds. The summed E-state index contributed by atoms with van der Waals surface area (Å²) < 4.78 is 30.4. The van der Waals surface area contributed by atoms with Gasteiger partial charge in [0.05, 0.1) is 20.1 Å². The lowest BCUT2D eigenvalue weighted by molar-refractivity contribution is -0.139. The molecule has 26 heavy (non-hydrogen) atoms. The topological polar surface area (TPSA) is 44.8 Å². The molecule has 0 atom stereocenters. The first-order chi connectivity index (χ1) is 12.5. The van der Waals surface area contributed by atoms with Crippen LogP contribution in [0.3, 0.4) is 0 Å². The summed E-state index contributed by atoms with van der Waals surface area (Å²) in [7, 11) is 1.35. The van der Waals surface area contributed by atoms with Crippen molar-refractivity contribution in [1.29, 1.82) is 0 Å². The largest absolute Gasteiger partial charge is 0.493 e. The van der Waals surface area contributed by atoms with Gasteiger partial charge in [-0.1, -0.05) is 19.1 Å². The van der Waals surface area contributed by atoms with Crippen molar-refractivity contribution < 1.29 is 23.4 Å². The van der Waals surface area contributed by atoms with Crippen molar-refractivity contribution in [2.45, 2.75) is 40.2 Å². The Kier molecular flexibility index (Phi) is 7.01. The Morgan fingerprint density at radius 1 is 1.08 bits per heavy atom. The molecule has 0 bridgehead atoms. The molecule has 0 saturated heterocycles. The molecule has 0 saturated carbocycles. The number of carbonyl (C=O) groups excluding carboxylic acids is 1. The fraction of sp³-hybridized carbons (Fsp3) is 0.381. The van der Waals surface area contributed by atoms with Crippen LogP contribution in [0.4, 0.5) is 4.39 Å². The van der Waals surface area contributed by atoms with Crippen molar-refractivity contribution in [1.82, 2.24) is 0 Å². The number of carbonyl (C=O) groups is 1. The van der Waals surface area contributed by atoms with Crippen LogP contribution in [-0.2, 0) is 29.0 Å². The van der Waals surface area contributed by atoms with E-state index in [1.54, 1.807) is 6.07 Å². The number of ether oxygens (including phenoxy) is 3. The zero-order valence-electron chi connectivity index (χ0n) is 15.7. The number of hydrogen-bond acceptors (Lipinski definition) is 4. The van der Waals surface area contributed by atoms with E-state index in [4.69, 9.17) is 14.2 Å². The second-order valence-corrected chi connectivity index (χ2v) is 5.93. The Labute approximate surface area is 153 Å². The molecule has 0 spiro atoms. The van der Waals surface area contributed by atoms with E-state index in [9.17, 15) is 9.18 Å². The fourth-order valence-corrected chi connectivity index (χ4v) is 2.80. The van der Waals surface area contributed by atoms with Crippen molar-refractivity contribution in [2.75, 3.05) is 13.7 Å². The van der Waals surface area contributed by atoms with Crippen LogP contribution >= 0.6 is 0 Å². The minimum Gasteiger partial charge on any atom is -0.493 e. The summed E-state index contributed by atoms with van der Waals surface area (Å²) in [6, 6.07) is 8.66. The third-order valence-corrected chi connectivity index (χ3v) is 4.24. The summed E-state index contributed by atoms with van der Waals surface area (Å²) in [4.78, 5) is 11.7. The van der Waals surface area contributed by atoms with E-state index in [0.29, 0.717) is 12.4 Å². The van der Waals surface area contributed by atoms with E-state index in [-0.39, 0.29) is 24.7 Å². The van der Waals surface area contributed by atoms with Gasteiger partial charge in [0.1, 0.15) is 12.4 Å². The van der Waals surface area contributed by atoms with E-state index in [1.807, 2.05) is 39.0 Å².